The van der Waals surface area contributed by atoms with Crippen molar-refractivity contribution in [3.05, 3.63) is 35.9 Å². The van der Waals surface area contributed by atoms with Crippen molar-refractivity contribution < 1.29 is 0 Å². The molecule has 0 aromatic heterocycles. The minimum Gasteiger partial charge on any atom is -0.126 e. The van der Waals surface area contributed by atoms with Gasteiger partial charge in [-0.05, 0) is 6.42 Å². The lowest BCUT2D eigenvalue weighted by Crippen LogP contribution is -1.63. The van der Waals surface area contributed by atoms with Crippen LogP contribution in [-0.2, 0) is 0 Å². The van der Waals surface area contributed by atoms with Gasteiger partial charge >= 0.3 is 0 Å². The monoisotopic (exact) mass is 176 g/mol. The highest BCUT2D eigenvalue weighted by Crippen LogP contribution is 1.88. The molecule has 0 nitrogen and oxygen atoms in total. The number of alkyl halides is 1. The van der Waals surface area contributed by atoms with Crippen molar-refractivity contribution in [2.75, 3.05) is 5.88 Å². The summed E-state index contributed by atoms with van der Waals surface area (Å²) in [7, 11) is 0. The molecule has 0 aromatic carbocycles. The normalized spacial score (nSPS) is 12.6. The molecule has 0 bridgehead atoms. The fourth-order valence-electron chi connectivity index (χ4n) is 0.408. The SMILES string of the molecule is ClC=CC=CC=CCCCl. The molecule has 0 aromatic rings. The van der Waals surface area contributed by atoms with Crippen LogP contribution in [0.15, 0.2) is 35.9 Å². The quantitative estimate of drug-likeness (QED) is 0.455. The summed E-state index contributed by atoms with van der Waals surface area (Å²) in [6.07, 6.45) is 10.4. The molecule has 0 saturated carbocycles. The number of rotatable bonds is 4. The summed E-state index contributed by atoms with van der Waals surface area (Å²) in [4.78, 5) is 0. The molecule has 0 aliphatic heterocycles. The van der Waals surface area contributed by atoms with E-state index < -0.39 is 0 Å². The van der Waals surface area contributed by atoms with Crippen molar-refractivity contribution in [2.45, 2.75) is 6.42 Å². The maximum Gasteiger partial charge on any atom is 0.0258 e. The minimum atomic E-state index is 0.676. The van der Waals surface area contributed by atoms with Crippen molar-refractivity contribution in [2.24, 2.45) is 0 Å². The Morgan fingerprint density at radius 1 is 1.00 bits per heavy atom. The molecular weight excluding hydrogens is 167 g/mol. The van der Waals surface area contributed by atoms with Crippen LogP contribution in [0.2, 0.25) is 0 Å². The zero-order valence-electron chi connectivity index (χ0n) is 5.63. The highest BCUT2D eigenvalue weighted by molar-refractivity contribution is 6.25. The molecule has 0 spiro atoms. The second kappa shape index (κ2) is 8.80. The first kappa shape index (κ1) is 9.80. The van der Waals surface area contributed by atoms with Gasteiger partial charge in [0, 0.05) is 11.4 Å². The van der Waals surface area contributed by atoms with Crippen molar-refractivity contribution in [1.82, 2.24) is 0 Å². The molecule has 0 heterocycles. The average molecular weight is 177 g/mol. The van der Waals surface area contributed by atoms with Crippen LogP contribution in [0.1, 0.15) is 6.42 Å². The lowest BCUT2D eigenvalue weighted by molar-refractivity contribution is 1.23. The van der Waals surface area contributed by atoms with Crippen LogP contribution in [0.4, 0.5) is 0 Å². The first-order valence-corrected chi connectivity index (χ1v) is 4.03. The fourth-order valence-corrected chi connectivity index (χ4v) is 0.618. The van der Waals surface area contributed by atoms with Gasteiger partial charge in [0.2, 0.25) is 0 Å². The summed E-state index contributed by atoms with van der Waals surface area (Å²) < 4.78 is 0. The van der Waals surface area contributed by atoms with Crippen LogP contribution in [0, 0.1) is 0 Å². The topological polar surface area (TPSA) is 0 Å². The van der Waals surface area contributed by atoms with E-state index in [9.17, 15) is 0 Å². The molecule has 0 N–H and O–H groups in total. The second-order valence-electron chi connectivity index (χ2n) is 1.61. The molecule has 0 amide bonds. The van der Waals surface area contributed by atoms with Gasteiger partial charge in [0.15, 0.2) is 0 Å². The molecule has 0 rings (SSSR count). The third-order valence-electron chi connectivity index (χ3n) is 0.818. The zero-order chi connectivity index (χ0) is 7.66. The first-order chi connectivity index (χ1) is 4.91. The Labute approximate surface area is 71.8 Å². The van der Waals surface area contributed by atoms with Gasteiger partial charge in [0.05, 0.1) is 0 Å². The lowest BCUT2D eigenvalue weighted by atomic mass is 10.4. The van der Waals surface area contributed by atoms with E-state index in [4.69, 9.17) is 23.2 Å². The van der Waals surface area contributed by atoms with Gasteiger partial charge < -0.3 is 0 Å². The predicted octanol–water partition coefficient (Wildman–Crippen LogP) is 3.48. The Morgan fingerprint density at radius 3 is 2.30 bits per heavy atom. The van der Waals surface area contributed by atoms with Crippen LogP contribution >= 0.6 is 23.2 Å². The minimum absolute atomic E-state index is 0.676. The predicted molar refractivity (Wildman–Crippen MR) is 48.6 cm³/mol. The first-order valence-electron chi connectivity index (χ1n) is 3.06. The van der Waals surface area contributed by atoms with Crippen molar-refractivity contribution in [3.8, 4) is 0 Å². The Kier molecular flexibility index (Phi) is 8.62. The maximum atomic E-state index is 5.43. The molecule has 0 unspecified atom stereocenters. The largest absolute Gasteiger partial charge is 0.126 e. The van der Waals surface area contributed by atoms with Gasteiger partial charge in [-0.3, -0.25) is 0 Å². The van der Waals surface area contributed by atoms with Gasteiger partial charge in [-0.15, -0.1) is 11.6 Å². The van der Waals surface area contributed by atoms with E-state index in [-0.39, 0.29) is 0 Å². The van der Waals surface area contributed by atoms with Gasteiger partial charge in [0.1, 0.15) is 0 Å². The van der Waals surface area contributed by atoms with Gasteiger partial charge in [-0.25, -0.2) is 0 Å². The van der Waals surface area contributed by atoms with Crippen molar-refractivity contribution in [1.29, 1.82) is 0 Å². The summed E-state index contributed by atoms with van der Waals surface area (Å²) in [5, 5.41) is 0. The Hall–Kier alpha value is -0.200. The Morgan fingerprint density at radius 2 is 1.70 bits per heavy atom. The standard InChI is InChI=1S/C8H10Cl2/c9-7-5-3-1-2-4-6-8-10/h1-5,7H,6,8H2. The van der Waals surface area contributed by atoms with E-state index in [0.717, 1.165) is 6.42 Å². The van der Waals surface area contributed by atoms with E-state index in [1.807, 2.05) is 24.3 Å². The summed E-state index contributed by atoms with van der Waals surface area (Å²) in [6, 6.07) is 0. The molecular formula is C8H10Cl2. The lowest BCUT2D eigenvalue weighted by Gasteiger charge is -1.77. The van der Waals surface area contributed by atoms with E-state index in [2.05, 4.69) is 0 Å². The third kappa shape index (κ3) is 7.80. The molecule has 0 aliphatic carbocycles. The van der Waals surface area contributed by atoms with Crippen molar-refractivity contribution >= 4 is 23.2 Å². The van der Waals surface area contributed by atoms with Crippen LogP contribution in [0.25, 0.3) is 0 Å². The summed E-state index contributed by atoms with van der Waals surface area (Å²) in [6.45, 7) is 0. The zero-order valence-corrected chi connectivity index (χ0v) is 7.15. The molecule has 10 heavy (non-hydrogen) atoms. The smallest absolute Gasteiger partial charge is 0.0258 e. The van der Waals surface area contributed by atoms with Crippen LogP contribution < -0.4 is 0 Å². The number of allylic oxidation sites excluding steroid dienone is 5. The van der Waals surface area contributed by atoms with E-state index in [0.29, 0.717) is 5.88 Å². The highest BCUT2D eigenvalue weighted by atomic mass is 35.5. The summed E-state index contributed by atoms with van der Waals surface area (Å²) in [5.41, 5.74) is 1.46. The molecule has 56 valence electrons. The number of hydrogen-bond donors (Lipinski definition) is 0. The molecule has 0 fully saturated rings. The Balaban J connectivity index is 3.32. The molecule has 0 atom stereocenters. The number of hydrogen-bond acceptors (Lipinski definition) is 0. The van der Waals surface area contributed by atoms with Gasteiger partial charge in [-0.2, -0.15) is 0 Å². The van der Waals surface area contributed by atoms with Crippen LogP contribution in [-0.4, -0.2) is 5.88 Å². The second-order valence-corrected chi connectivity index (χ2v) is 2.24. The molecule has 0 aliphatic rings. The summed E-state index contributed by atoms with van der Waals surface area (Å²) >= 11 is 10.7. The highest BCUT2D eigenvalue weighted by Gasteiger charge is 1.69. The molecule has 2 heteroatoms. The summed E-state index contributed by atoms with van der Waals surface area (Å²) in [5.74, 6) is 0.676. The third-order valence-corrected chi connectivity index (χ3v) is 1.18. The van der Waals surface area contributed by atoms with E-state index in [1.165, 1.54) is 5.54 Å². The Bertz CT molecular complexity index is 134. The van der Waals surface area contributed by atoms with E-state index >= 15 is 0 Å². The fraction of sp³-hybridized carbons (Fsp3) is 0.250. The van der Waals surface area contributed by atoms with E-state index in [1.54, 1.807) is 6.08 Å². The molecule has 0 saturated heterocycles. The van der Waals surface area contributed by atoms with Gasteiger partial charge in [-0.1, -0.05) is 42.0 Å². The van der Waals surface area contributed by atoms with Crippen LogP contribution in [0.5, 0.6) is 0 Å². The number of halogens is 2. The van der Waals surface area contributed by atoms with Crippen molar-refractivity contribution in [3.63, 3.8) is 0 Å². The maximum absolute atomic E-state index is 5.43. The average Bonchev–Trinajstić information content (AvgIpc) is 1.97. The molecule has 0 radical (unpaired) electrons. The van der Waals surface area contributed by atoms with Gasteiger partial charge in [0.25, 0.3) is 0 Å². The van der Waals surface area contributed by atoms with Crippen LogP contribution in [0.3, 0.4) is 0 Å².